The number of ether oxygens (including phenoxy) is 2. The van der Waals surface area contributed by atoms with Gasteiger partial charge in [-0.3, -0.25) is 0 Å². The molecule has 0 aromatic heterocycles. The SMILES string of the molecule is CCCCCC/C=C/CCCCCCCCCCCO[C@H](CO)[C@@H]1OC[C@H](O)[C@@H]1O. The lowest BCUT2D eigenvalue weighted by atomic mass is 10.1. The molecular formula is C25H48O5. The van der Waals surface area contributed by atoms with Gasteiger partial charge in [0.05, 0.1) is 13.2 Å². The van der Waals surface area contributed by atoms with Crippen LogP contribution in [-0.4, -0.2) is 59.6 Å². The molecule has 0 aromatic rings. The minimum atomic E-state index is -0.978. The Balaban J connectivity index is 1.83. The topological polar surface area (TPSA) is 79.2 Å². The molecule has 1 aliphatic rings. The molecule has 0 amide bonds. The predicted octanol–water partition coefficient (Wildman–Crippen LogP) is 4.91. The first kappa shape index (κ1) is 27.6. The Kier molecular flexibility index (Phi) is 17.7. The van der Waals surface area contributed by atoms with E-state index in [1.54, 1.807) is 0 Å². The maximum absolute atomic E-state index is 9.84. The first-order valence-corrected chi connectivity index (χ1v) is 12.6. The summed E-state index contributed by atoms with van der Waals surface area (Å²) in [6.45, 7) is 2.71. The third kappa shape index (κ3) is 13.1. The molecular weight excluding hydrogens is 380 g/mol. The van der Waals surface area contributed by atoms with E-state index in [9.17, 15) is 15.3 Å². The van der Waals surface area contributed by atoms with Crippen LogP contribution in [0.4, 0.5) is 0 Å². The lowest BCUT2D eigenvalue weighted by Crippen LogP contribution is -2.42. The van der Waals surface area contributed by atoms with Crippen LogP contribution < -0.4 is 0 Å². The standard InChI is InChI=1S/C25H48O5/c1-2-3-4-5-6-7-8-9-10-11-12-13-14-15-16-17-18-19-29-23(20-26)25-24(28)22(27)21-30-25/h7-8,22-28H,2-6,9-21H2,1H3/b8-7+/t22-,23+,24-,25-/m0/s1. The Hall–Kier alpha value is -0.460. The fraction of sp³-hybridized carbons (Fsp3) is 0.920. The van der Waals surface area contributed by atoms with Crippen LogP contribution in [0.5, 0.6) is 0 Å². The summed E-state index contributed by atoms with van der Waals surface area (Å²) in [6, 6.07) is 0. The molecule has 4 atom stereocenters. The molecule has 1 rings (SSSR count). The van der Waals surface area contributed by atoms with E-state index in [1.807, 2.05) is 0 Å². The van der Waals surface area contributed by atoms with Crippen molar-refractivity contribution in [2.24, 2.45) is 0 Å². The first-order chi connectivity index (χ1) is 14.7. The van der Waals surface area contributed by atoms with E-state index in [0.717, 1.165) is 12.8 Å². The van der Waals surface area contributed by atoms with Crippen molar-refractivity contribution in [2.45, 2.75) is 128 Å². The Bertz CT molecular complexity index is 401. The van der Waals surface area contributed by atoms with Crippen LogP contribution in [0.1, 0.15) is 103 Å². The highest BCUT2D eigenvalue weighted by atomic mass is 16.6. The number of hydrogen-bond acceptors (Lipinski definition) is 5. The minimum absolute atomic E-state index is 0.0987. The second-order valence-electron chi connectivity index (χ2n) is 8.74. The number of unbranched alkanes of at least 4 members (excludes halogenated alkanes) is 13. The minimum Gasteiger partial charge on any atom is -0.394 e. The summed E-state index contributed by atoms with van der Waals surface area (Å²) in [5.74, 6) is 0. The molecule has 5 heteroatoms. The third-order valence-electron chi connectivity index (χ3n) is 5.97. The fourth-order valence-electron chi connectivity index (χ4n) is 3.97. The van der Waals surface area contributed by atoms with Gasteiger partial charge in [-0.2, -0.15) is 0 Å². The fourth-order valence-corrected chi connectivity index (χ4v) is 3.97. The average Bonchev–Trinajstić information content (AvgIpc) is 3.08. The van der Waals surface area contributed by atoms with Crippen LogP contribution in [0.2, 0.25) is 0 Å². The zero-order chi connectivity index (χ0) is 21.9. The van der Waals surface area contributed by atoms with E-state index in [4.69, 9.17) is 9.47 Å². The maximum Gasteiger partial charge on any atom is 0.114 e. The van der Waals surface area contributed by atoms with Crippen molar-refractivity contribution in [1.29, 1.82) is 0 Å². The van der Waals surface area contributed by atoms with Crippen LogP contribution in [-0.2, 0) is 9.47 Å². The van der Waals surface area contributed by atoms with E-state index in [0.29, 0.717) is 6.61 Å². The molecule has 1 heterocycles. The highest BCUT2D eigenvalue weighted by molar-refractivity contribution is 4.88. The molecule has 178 valence electrons. The van der Waals surface area contributed by atoms with Crippen LogP contribution in [0.3, 0.4) is 0 Å². The van der Waals surface area contributed by atoms with Gasteiger partial charge in [0.25, 0.3) is 0 Å². The highest BCUT2D eigenvalue weighted by Gasteiger charge is 2.40. The van der Waals surface area contributed by atoms with Gasteiger partial charge in [0, 0.05) is 6.61 Å². The molecule has 0 radical (unpaired) electrons. The van der Waals surface area contributed by atoms with Gasteiger partial charge in [-0.05, 0) is 32.1 Å². The van der Waals surface area contributed by atoms with Crippen molar-refractivity contribution >= 4 is 0 Å². The monoisotopic (exact) mass is 428 g/mol. The van der Waals surface area contributed by atoms with Crippen molar-refractivity contribution < 1.29 is 24.8 Å². The Morgan fingerprint density at radius 2 is 1.37 bits per heavy atom. The van der Waals surface area contributed by atoms with Gasteiger partial charge in [-0.15, -0.1) is 0 Å². The Labute approximate surface area is 184 Å². The van der Waals surface area contributed by atoms with Gasteiger partial charge in [0.2, 0.25) is 0 Å². The van der Waals surface area contributed by atoms with Gasteiger partial charge in [0.1, 0.15) is 24.4 Å². The average molecular weight is 429 g/mol. The lowest BCUT2D eigenvalue weighted by Gasteiger charge is -2.24. The summed E-state index contributed by atoms with van der Waals surface area (Å²) < 4.78 is 11.0. The molecule has 0 spiro atoms. The molecule has 1 saturated heterocycles. The highest BCUT2D eigenvalue weighted by Crippen LogP contribution is 2.20. The molecule has 0 saturated carbocycles. The number of aliphatic hydroxyl groups excluding tert-OH is 3. The van der Waals surface area contributed by atoms with E-state index >= 15 is 0 Å². The summed E-state index contributed by atoms with van der Waals surface area (Å²) in [5, 5.41) is 28.8. The van der Waals surface area contributed by atoms with Gasteiger partial charge < -0.3 is 24.8 Å². The van der Waals surface area contributed by atoms with E-state index < -0.39 is 24.4 Å². The summed E-state index contributed by atoms with van der Waals surface area (Å²) in [5.41, 5.74) is 0. The molecule has 5 nitrogen and oxygen atoms in total. The zero-order valence-corrected chi connectivity index (χ0v) is 19.4. The number of hydrogen-bond donors (Lipinski definition) is 3. The smallest absolute Gasteiger partial charge is 0.114 e. The summed E-state index contributed by atoms with van der Waals surface area (Å²) in [6.07, 6.45) is 20.8. The van der Waals surface area contributed by atoms with Crippen molar-refractivity contribution in [2.75, 3.05) is 19.8 Å². The number of allylic oxidation sites excluding steroid dienone is 2. The normalized spacial score (nSPS) is 22.9. The van der Waals surface area contributed by atoms with Gasteiger partial charge >= 0.3 is 0 Å². The van der Waals surface area contributed by atoms with Crippen molar-refractivity contribution in [1.82, 2.24) is 0 Å². The number of aliphatic hydroxyl groups is 3. The van der Waals surface area contributed by atoms with Crippen LogP contribution in [0, 0.1) is 0 Å². The molecule has 1 fully saturated rings. The van der Waals surface area contributed by atoms with E-state index in [2.05, 4.69) is 19.1 Å². The van der Waals surface area contributed by atoms with Crippen molar-refractivity contribution in [3.8, 4) is 0 Å². The largest absolute Gasteiger partial charge is 0.394 e. The molecule has 0 aliphatic carbocycles. The van der Waals surface area contributed by atoms with Crippen LogP contribution in [0.25, 0.3) is 0 Å². The quantitative estimate of drug-likeness (QED) is 0.190. The molecule has 30 heavy (non-hydrogen) atoms. The van der Waals surface area contributed by atoms with Crippen molar-refractivity contribution in [3.63, 3.8) is 0 Å². The second kappa shape index (κ2) is 19.2. The Morgan fingerprint density at radius 1 is 0.833 bits per heavy atom. The molecule has 0 bridgehead atoms. The van der Waals surface area contributed by atoms with Crippen LogP contribution >= 0.6 is 0 Å². The Morgan fingerprint density at radius 3 is 1.87 bits per heavy atom. The predicted molar refractivity (Wildman–Crippen MR) is 123 cm³/mol. The second-order valence-corrected chi connectivity index (χ2v) is 8.74. The maximum atomic E-state index is 9.84. The van der Waals surface area contributed by atoms with E-state index in [1.165, 1.54) is 83.5 Å². The molecule has 0 aromatic carbocycles. The molecule has 3 N–H and O–H groups in total. The summed E-state index contributed by atoms with van der Waals surface area (Å²) >= 11 is 0. The zero-order valence-electron chi connectivity index (χ0n) is 19.4. The first-order valence-electron chi connectivity index (χ1n) is 12.6. The van der Waals surface area contributed by atoms with Gasteiger partial charge in [-0.1, -0.05) is 83.3 Å². The molecule has 0 unspecified atom stereocenters. The number of rotatable bonds is 20. The van der Waals surface area contributed by atoms with E-state index in [-0.39, 0.29) is 13.2 Å². The summed E-state index contributed by atoms with van der Waals surface area (Å²) in [4.78, 5) is 0. The van der Waals surface area contributed by atoms with Gasteiger partial charge in [0.15, 0.2) is 0 Å². The van der Waals surface area contributed by atoms with Crippen LogP contribution in [0.15, 0.2) is 12.2 Å². The van der Waals surface area contributed by atoms with Gasteiger partial charge in [-0.25, -0.2) is 0 Å². The third-order valence-corrected chi connectivity index (χ3v) is 5.97. The summed E-state index contributed by atoms with van der Waals surface area (Å²) in [7, 11) is 0. The van der Waals surface area contributed by atoms with Crippen molar-refractivity contribution in [3.05, 3.63) is 12.2 Å². The lowest BCUT2D eigenvalue weighted by molar-refractivity contribution is -0.101. The molecule has 1 aliphatic heterocycles.